The zero-order valence-electron chi connectivity index (χ0n) is 10.5. The number of nitrogens with zero attached hydrogens (tertiary/aromatic N) is 1. The van der Waals surface area contributed by atoms with Crippen molar-refractivity contribution < 1.29 is 14.3 Å². The Morgan fingerprint density at radius 3 is 2.72 bits per heavy atom. The molecule has 0 heterocycles. The summed E-state index contributed by atoms with van der Waals surface area (Å²) in [6.45, 7) is 3.73. The van der Waals surface area contributed by atoms with Crippen LogP contribution in [0.5, 0.6) is 0 Å². The normalized spacial score (nSPS) is 15.1. The van der Waals surface area contributed by atoms with Crippen LogP contribution in [0.25, 0.3) is 0 Å². The molecule has 0 bridgehead atoms. The summed E-state index contributed by atoms with van der Waals surface area (Å²) in [6.07, 6.45) is 3.44. The molecule has 0 atom stereocenters. The van der Waals surface area contributed by atoms with E-state index < -0.39 is 11.8 Å². The van der Waals surface area contributed by atoms with Gasteiger partial charge in [-0.05, 0) is 49.6 Å². The van der Waals surface area contributed by atoms with Gasteiger partial charge in [-0.3, -0.25) is 4.90 Å². The number of benzene rings is 1. The first-order valence-corrected chi connectivity index (χ1v) is 6.37. The second-order valence-corrected chi connectivity index (χ2v) is 4.85. The molecule has 2 rings (SSSR count). The van der Waals surface area contributed by atoms with Crippen LogP contribution in [0.1, 0.15) is 42.1 Å². The molecule has 0 aliphatic heterocycles. The number of carboxylic acid groups (broad SMARTS) is 1. The maximum atomic E-state index is 13.4. The Hall–Kier alpha value is -1.42. The van der Waals surface area contributed by atoms with Gasteiger partial charge >= 0.3 is 5.97 Å². The molecule has 0 spiro atoms. The second-order valence-electron chi connectivity index (χ2n) is 4.85. The molecule has 1 fully saturated rings. The molecule has 0 aromatic heterocycles. The van der Waals surface area contributed by atoms with Crippen LogP contribution < -0.4 is 0 Å². The molecule has 1 aliphatic rings. The summed E-state index contributed by atoms with van der Waals surface area (Å²) < 4.78 is 13.4. The topological polar surface area (TPSA) is 40.5 Å². The smallest absolute Gasteiger partial charge is 0.335 e. The van der Waals surface area contributed by atoms with Crippen LogP contribution in [0.2, 0.25) is 0 Å². The van der Waals surface area contributed by atoms with E-state index in [0.717, 1.165) is 24.6 Å². The van der Waals surface area contributed by atoms with E-state index in [9.17, 15) is 9.18 Å². The molecule has 0 amide bonds. The minimum Gasteiger partial charge on any atom is -0.478 e. The van der Waals surface area contributed by atoms with Crippen LogP contribution in [0.3, 0.4) is 0 Å². The van der Waals surface area contributed by atoms with Crippen molar-refractivity contribution >= 4 is 5.97 Å². The fourth-order valence-corrected chi connectivity index (χ4v) is 2.22. The number of hydrogen-bond acceptors (Lipinski definition) is 2. The zero-order valence-corrected chi connectivity index (χ0v) is 10.5. The third-order valence-electron chi connectivity index (χ3n) is 3.16. The first-order valence-electron chi connectivity index (χ1n) is 6.37. The first-order chi connectivity index (χ1) is 8.60. The Labute approximate surface area is 106 Å². The van der Waals surface area contributed by atoms with Crippen molar-refractivity contribution in [2.75, 3.05) is 6.54 Å². The van der Waals surface area contributed by atoms with E-state index in [1.807, 2.05) is 0 Å². The highest BCUT2D eigenvalue weighted by atomic mass is 19.1. The highest BCUT2D eigenvalue weighted by molar-refractivity contribution is 5.87. The molecular weight excluding hydrogens is 233 g/mol. The van der Waals surface area contributed by atoms with Crippen molar-refractivity contribution in [1.82, 2.24) is 4.90 Å². The van der Waals surface area contributed by atoms with Crippen LogP contribution in [-0.4, -0.2) is 28.6 Å². The van der Waals surface area contributed by atoms with Crippen molar-refractivity contribution in [3.63, 3.8) is 0 Å². The predicted octanol–water partition coefficient (Wildman–Crippen LogP) is 2.90. The first kappa shape index (κ1) is 13.0. The van der Waals surface area contributed by atoms with E-state index in [-0.39, 0.29) is 5.56 Å². The summed E-state index contributed by atoms with van der Waals surface area (Å²) in [4.78, 5) is 13.2. The molecular formula is C14H18FNO2. The number of hydrogen-bond donors (Lipinski definition) is 1. The largest absolute Gasteiger partial charge is 0.478 e. The molecule has 1 saturated carbocycles. The van der Waals surface area contributed by atoms with Gasteiger partial charge in [-0.2, -0.15) is 0 Å². The van der Waals surface area contributed by atoms with Crippen LogP contribution in [0, 0.1) is 5.82 Å². The summed E-state index contributed by atoms with van der Waals surface area (Å²) in [6, 6.07) is 4.66. The van der Waals surface area contributed by atoms with E-state index in [4.69, 9.17) is 5.11 Å². The maximum Gasteiger partial charge on any atom is 0.335 e. The Bertz CT molecular complexity index is 443. The van der Waals surface area contributed by atoms with Crippen LogP contribution in [0.15, 0.2) is 18.2 Å². The van der Waals surface area contributed by atoms with Crippen LogP contribution in [0.4, 0.5) is 4.39 Å². The van der Waals surface area contributed by atoms with Crippen LogP contribution >= 0.6 is 0 Å². The van der Waals surface area contributed by atoms with Crippen molar-refractivity contribution in [3.8, 4) is 0 Å². The van der Waals surface area contributed by atoms with E-state index in [0.29, 0.717) is 12.6 Å². The molecule has 98 valence electrons. The fourth-order valence-electron chi connectivity index (χ4n) is 2.22. The number of halogens is 1. The second kappa shape index (κ2) is 5.48. The minimum absolute atomic E-state index is 0.0252. The van der Waals surface area contributed by atoms with Gasteiger partial charge in [0.25, 0.3) is 0 Å². The fraction of sp³-hybridized carbons (Fsp3) is 0.500. The molecule has 0 unspecified atom stereocenters. The lowest BCUT2D eigenvalue weighted by Gasteiger charge is -2.21. The minimum atomic E-state index is -1.08. The van der Waals surface area contributed by atoms with Gasteiger partial charge in [-0.15, -0.1) is 0 Å². The quantitative estimate of drug-likeness (QED) is 0.845. The Balaban J connectivity index is 2.13. The van der Waals surface area contributed by atoms with E-state index in [1.165, 1.54) is 18.9 Å². The van der Waals surface area contributed by atoms with Gasteiger partial charge in [0.1, 0.15) is 5.82 Å². The van der Waals surface area contributed by atoms with E-state index >= 15 is 0 Å². The molecule has 4 heteroatoms. The molecule has 1 aromatic rings. The number of carboxylic acids is 1. The SMILES string of the molecule is CCCN(Cc1cc(F)cc(C(=O)O)c1)C1CC1. The summed E-state index contributed by atoms with van der Waals surface area (Å²) >= 11 is 0. The van der Waals surface area contributed by atoms with Crippen molar-refractivity contribution in [2.45, 2.75) is 38.8 Å². The van der Waals surface area contributed by atoms with Crippen molar-refractivity contribution in [2.24, 2.45) is 0 Å². The molecule has 0 radical (unpaired) electrons. The van der Waals surface area contributed by atoms with Crippen LogP contribution in [-0.2, 0) is 6.54 Å². The van der Waals surface area contributed by atoms with Gasteiger partial charge in [-0.25, -0.2) is 9.18 Å². The standard InChI is InChI=1S/C14H18FNO2/c1-2-5-16(13-3-4-13)9-10-6-11(14(17)18)8-12(15)7-10/h6-8,13H,2-5,9H2,1H3,(H,17,18). The van der Waals surface area contributed by atoms with Gasteiger partial charge < -0.3 is 5.11 Å². The van der Waals surface area contributed by atoms with Crippen molar-refractivity contribution in [3.05, 3.63) is 35.1 Å². The van der Waals surface area contributed by atoms with Crippen molar-refractivity contribution in [1.29, 1.82) is 0 Å². The van der Waals surface area contributed by atoms with Gasteiger partial charge in [0, 0.05) is 12.6 Å². The van der Waals surface area contributed by atoms with E-state index in [1.54, 1.807) is 6.07 Å². The number of carbonyl (C=O) groups is 1. The average molecular weight is 251 g/mol. The van der Waals surface area contributed by atoms with E-state index in [2.05, 4.69) is 11.8 Å². The molecule has 1 aromatic carbocycles. The van der Waals surface area contributed by atoms with Gasteiger partial charge in [-0.1, -0.05) is 6.92 Å². The average Bonchev–Trinajstić information content (AvgIpc) is 3.11. The van der Waals surface area contributed by atoms with Gasteiger partial charge in [0.15, 0.2) is 0 Å². The molecule has 18 heavy (non-hydrogen) atoms. The monoisotopic (exact) mass is 251 g/mol. The number of aromatic carboxylic acids is 1. The third kappa shape index (κ3) is 3.29. The highest BCUT2D eigenvalue weighted by Gasteiger charge is 2.28. The zero-order chi connectivity index (χ0) is 13.1. The number of rotatable bonds is 6. The molecule has 0 saturated heterocycles. The highest BCUT2D eigenvalue weighted by Crippen LogP contribution is 2.28. The third-order valence-corrected chi connectivity index (χ3v) is 3.16. The Morgan fingerprint density at radius 1 is 1.44 bits per heavy atom. The summed E-state index contributed by atoms with van der Waals surface area (Å²) in [7, 11) is 0. The summed E-state index contributed by atoms with van der Waals surface area (Å²) in [5.74, 6) is -1.55. The Morgan fingerprint density at radius 2 is 2.17 bits per heavy atom. The molecule has 3 nitrogen and oxygen atoms in total. The lowest BCUT2D eigenvalue weighted by atomic mass is 10.1. The lowest BCUT2D eigenvalue weighted by molar-refractivity contribution is 0.0696. The molecule has 1 aliphatic carbocycles. The maximum absolute atomic E-state index is 13.4. The predicted molar refractivity (Wildman–Crippen MR) is 67.1 cm³/mol. The van der Waals surface area contributed by atoms with Gasteiger partial charge in [0.2, 0.25) is 0 Å². The lowest BCUT2D eigenvalue weighted by Crippen LogP contribution is -2.26. The summed E-state index contributed by atoms with van der Waals surface area (Å²) in [5.41, 5.74) is 0.769. The molecule has 1 N–H and O–H groups in total. The Kier molecular flexibility index (Phi) is 3.97. The van der Waals surface area contributed by atoms with Gasteiger partial charge in [0.05, 0.1) is 5.56 Å². The summed E-state index contributed by atoms with van der Waals surface area (Å²) in [5, 5.41) is 8.91.